The molecule has 428 valence electrons. The second-order valence-corrected chi connectivity index (χ2v) is 29.9. The minimum Gasteiger partial charge on any atom is -0.466 e. The number of esters is 2. The molecule has 0 radical (unpaired) electrons. The van der Waals surface area contributed by atoms with Crippen LogP contribution in [-0.4, -0.2) is 64.2 Å². The number of nitrogens with one attached hydrogen (secondary N) is 1. The molecular formula is C67H115NO5SSi. The summed E-state index contributed by atoms with van der Waals surface area (Å²) in [6, 6.07) is 22.4. The number of carbonyl (C=O) groups is 2. The van der Waals surface area contributed by atoms with Crippen molar-refractivity contribution >= 4 is 42.4 Å². The van der Waals surface area contributed by atoms with Crippen LogP contribution in [0, 0.1) is 11.8 Å². The molecule has 2 aromatic rings. The Bertz CT molecular complexity index is 1520. The van der Waals surface area contributed by atoms with Gasteiger partial charge in [-0.25, -0.2) is 0 Å². The molecule has 2 aliphatic rings. The van der Waals surface area contributed by atoms with Crippen LogP contribution in [0.15, 0.2) is 60.7 Å². The molecule has 0 aromatic heterocycles. The van der Waals surface area contributed by atoms with Gasteiger partial charge in [0.05, 0.1) is 13.2 Å². The van der Waals surface area contributed by atoms with Crippen LogP contribution < -0.4 is 15.7 Å². The summed E-state index contributed by atoms with van der Waals surface area (Å²) in [5.41, 5.74) is 0. The zero-order valence-corrected chi connectivity index (χ0v) is 50.8. The van der Waals surface area contributed by atoms with Gasteiger partial charge in [-0.05, 0) is 65.8 Å². The van der Waals surface area contributed by atoms with E-state index in [9.17, 15) is 9.59 Å². The lowest BCUT2D eigenvalue weighted by atomic mass is 9.90. The Morgan fingerprint density at radius 1 is 0.493 bits per heavy atom. The van der Waals surface area contributed by atoms with Gasteiger partial charge in [-0.3, -0.25) is 9.59 Å². The van der Waals surface area contributed by atoms with E-state index < -0.39 is 8.32 Å². The van der Waals surface area contributed by atoms with Crippen molar-refractivity contribution in [3.63, 3.8) is 0 Å². The van der Waals surface area contributed by atoms with Crippen molar-refractivity contribution in [3.8, 4) is 0 Å². The summed E-state index contributed by atoms with van der Waals surface area (Å²) < 4.78 is 18.8. The van der Waals surface area contributed by atoms with Crippen molar-refractivity contribution in [2.45, 2.75) is 289 Å². The molecule has 2 saturated carbocycles. The van der Waals surface area contributed by atoms with E-state index in [1.54, 1.807) is 0 Å². The van der Waals surface area contributed by atoms with Crippen molar-refractivity contribution in [1.29, 1.82) is 0 Å². The maximum absolute atomic E-state index is 12.9. The normalized spacial score (nSPS) is 17.8. The van der Waals surface area contributed by atoms with E-state index in [4.69, 9.17) is 13.9 Å². The van der Waals surface area contributed by atoms with Crippen molar-refractivity contribution in [2.75, 3.05) is 37.9 Å². The van der Waals surface area contributed by atoms with Crippen molar-refractivity contribution < 1.29 is 23.5 Å². The first-order valence-electron chi connectivity index (χ1n) is 32.2. The molecule has 0 heterocycles. The lowest BCUT2D eigenvalue weighted by Gasteiger charge is -2.43. The summed E-state index contributed by atoms with van der Waals surface area (Å²) >= 11 is 1.99. The van der Waals surface area contributed by atoms with Crippen LogP contribution in [0.25, 0.3) is 0 Å². The van der Waals surface area contributed by atoms with E-state index in [2.05, 4.69) is 86.8 Å². The summed E-state index contributed by atoms with van der Waals surface area (Å²) in [6.07, 6.45) is 50.1. The van der Waals surface area contributed by atoms with Gasteiger partial charge in [0, 0.05) is 43.5 Å². The number of thioether (sulfide) groups is 1. The third kappa shape index (κ3) is 30.2. The molecule has 2 fully saturated rings. The van der Waals surface area contributed by atoms with Gasteiger partial charge in [-0.15, -0.1) is 0 Å². The third-order valence-corrected chi connectivity index (χ3v) is 23.0. The van der Waals surface area contributed by atoms with Gasteiger partial charge in [0.15, 0.2) is 0 Å². The average Bonchev–Trinajstić information content (AvgIpc) is 3.43. The van der Waals surface area contributed by atoms with Gasteiger partial charge in [0.2, 0.25) is 0 Å². The summed E-state index contributed by atoms with van der Waals surface area (Å²) in [7, 11) is -2.53. The van der Waals surface area contributed by atoms with E-state index in [0.29, 0.717) is 43.9 Å². The number of ether oxygens (including phenoxy) is 2. The Hall–Kier alpha value is -2.13. The van der Waals surface area contributed by atoms with Crippen LogP contribution in [0.1, 0.15) is 278 Å². The molecule has 0 spiro atoms. The number of carbonyl (C=O) groups excluding carboxylic acids is 2. The predicted octanol–water partition coefficient (Wildman–Crippen LogP) is 18.2. The minimum atomic E-state index is -2.53. The van der Waals surface area contributed by atoms with Crippen molar-refractivity contribution in [2.24, 2.45) is 11.8 Å². The molecule has 1 N–H and O–H groups in total. The highest BCUT2D eigenvalue weighted by molar-refractivity contribution is 7.99. The van der Waals surface area contributed by atoms with Crippen LogP contribution in [0.5, 0.6) is 0 Å². The monoisotopic (exact) mass is 1070 g/mol. The highest BCUT2D eigenvalue weighted by Gasteiger charge is 2.50. The topological polar surface area (TPSA) is 73.9 Å². The largest absolute Gasteiger partial charge is 0.466 e. The second kappa shape index (κ2) is 42.8. The highest BCUT2D eigenvalue weighted by Crippen LogP contribution is 2.37. The number of benzene rings is 2. The fourth-order valence-corrected chi connectivity index (χ4v) is 17.8. The highest BCUT2D eigenvalue weighted by atomic mass is 32.2. The van der Waals surface area contributed by atoms with Gasteiger partial charge in [-0.2, -0.15) is 11.8 Å². The van der Waals surface area contributed by atoms with Crippen LogP contribution >= 0.6 is 11.8 Å². The van der Waals surface area contributed by atoms with E-state index in [1.165, 1.54) is 190 Å². The molecular weight excluding hydrogens is 959 g/mol. The van der Waals surface area contributed by atoms with Crippen LogP contribution in [0.2, 0.25) is 5.04 Å². The molecule has 0 aliphatic heterocycles. The zero-order valence-electron chi connectivity index (χ0n) is 49.0. The van der Waals surface area contributed by atoms with Gasteiger partial charge in [-0.1, -0.05) is 287 Å². The lowest BCUT2D eigenvalue weighted by Crippen LogP contribution is -2.66. The van der Waals surface area contributed by atoms with E-state index in [0.717, 1.165) is 88.9 Å². The molecule has 0 amide bonds. The molecule has 0 atom stereocenters. The number of rotatable bonds is 28. The fraction of sp³-hybridized carbons (Fsp3) is 0.791. The van der Waals surface area contributed by atoms with Gasteiger partial charge < -0.3 is 19.2 Å². The quantitative estimate of drug-likeness (QED) is 0.0517. The molecule has 6 nitrogen and oxygen atoms in total. The Labute approximate surface area is 467 Å². The summed E-state index contributed by atoms with van der Waals surface area (Å²) in [4.78, 5) is 25.8. The predicted molar refractivity (Wildman–Crippen MR) is 326 cm³/mol. The zero-order chi connectivity index (χ0) is 53.2. The van der Waals surface area contributed by atoms with E-state index in [-0.39, 0.29) is 17.0 Å². The molecule has 75 heavy (non-hydrogen) atoms. The summed E-state index contributed by atoms with van der Waals surface area (Å²) in [6.45, 7) is 9.87. The Kier molecular flexibility index (Phi) is 37.3. The third-order valence-electron chi connectivity index (χ3n) is 17.0. The first-order valence-corrected chi connectivity index (χ1v) is 35.2. The number of unbranched alkanes of at least 4 members (excludes halogenated alkanes) is 4. The Morgan fingerprint density at radius 2 is 0.853 bits per heavy atom. The number of hydrogen-bond acceptors (Lipinski definition) is 7. The SMILES string of the molecule is CC(C)(C)[Si](OCCSCCNC(CCCCCOC(=O)CCC1CCCCCCCCCCCCCC1)CCCCCOC(=O)CCC1CCCCCCCCCCCCCC1)(c1ccccc1)c1ccccc1. The molecule has 0 bridgehead atoms. The van der Waals surface area contributed by atoms with Gasteiger partial charge >= 0.3 is 11.9 Å². The lowest BCUT2D eigenvalue weighted by molar-refractivity contribution is -0.145. The first-order chi connectivity index (χ1) is 36.8. The maximum Gasteiger partial charge on any atom is 0.305 e. The van der Waals surface area contributed by atoms with Crippen LogP contribution in [0.3, 0.4) is 0 Å². The van der Waals surface area contributed by atoms with Crippen molar-refractivity contribution in [1.82, 2.24) is 5.32 Å². The molecule has 0 unspecified atom stereocenters. The molecule has 4 rings (SSSR count). The summed E-state index contributed by atoms with van der Waals surface area (Å²) in [5.74, 6) is 3.40. The minimum absolute atomic E-state index is 0.0119. The maximum atomic E-state index is 12.9. The van der Waals surface area contributed by atoms with E-state index in [1.807, 2.05) is 11.8 Å². The summed E-state index contributed by atoms with van der Waals surface area (Å²) in [5, 5.41) is 6.61. The van der Waals surface area contributed by atoms with E-state index >= 15 is 0 Å². The first kappa shape index (κ1) is 65.4. The van der Waals surface area contributed by atoms with Gasteiger partial charge in [0.25, 0.3) is 8.32 Å². The second-order valence-electron chi connectivity index (χ2n) is 24.4. The Morgan fingerprint density at radius 3 is 1.21 bits per heavy atom. The standard InChI is InChI=1S/C67H115NO5SSi/c1-67(2,3)75(63-46-34-24-35-47-63,64-48-36-25-37-49-64)73-57-59-74-58-54-68-62(44-32-26-38-55-71-65(69)52-50-60-40-28-20-16-12-8-4-5-9-13-17-21-29-41-60)45-33-27-39-56-72-66(70)53-51-61-42-30-22-18-14-10-6-7-11-15-19-23-31-43-61/h24-25,34-37,46-49,60-62,68H,4-23,26-33,38-45,50-59H2,1-3H3. The van der Waals surface area contributed by atoms with Crippen LogP contribution in [0.4, 0.5) is 0 Å². The Balaban J connectivity index is 1.17. The fourth-order valence-electron chi connectivity index (χ4n) is 12.4. The smallest absolute Gasteiger partial charge is 0.305 e. The molecule has 2 aromatic carbocycles. The van der Waals surface area contributed by atoms with Crippen molar-refractivity contribution in [3.05, 3.63) is 60.7 Å². The molecule has 2 aliphatic carbocycles. The molecule has 8 heteroatoms. The van der Waals surface area contributed by atoms with Gasteiger partial charge in [0.1, 0.15) is 0 Å². The average molecular weight is 1070 g/mol. The molecule has 0 saturated heterocycles. The van der Waals surface area contributed by atoms with Crippen LogP contribution in [-0.2, 0) is 23.5 Å². The number of hydrogen-bond donors (Lipinski definition) is 1.